The molecular weight excluding hydrogens is 409 g/mol. The highest BCUT2D eigenvalue weighted by Gasteiger charge is 2.38. The summed E-state index contributed by atoms with van der Waals surface area (Å²) < 4.78 is 18.6. The molecule has 0 N–H and O–H groups in total. The van der Waals surface area contributed by atoms with Crippen molar-refractivity contribution in [1.29, 1.82) is 0 Å². The van der Waals surface area contributed by atoms with E-state index in [1.807, 2.05) is 29.2 Å². The number of rotatable bonds is 4. The molecule has 0 saturated carbocycles. The van der Waals surface area contributed by atoms with Crippen LogP contribution in [-0.4, -0.2) is 56.5 Å². The zero-order valence-electron chi connectivity index (χ0n) is 16.7. The van der Waals surface area contributed by atoms with E-state index in [1.54, 1.807) is 7.11 Å². The predicted molar refractivity (Wildman–Crippen MR) is 114 cm³/mol. The Balaban J connectivity index is 1.36. The summed E-state index contributed by atoms with van der Waals surface area (Å²) in [7, 11) is 1.64. The van der Waals surface area contributed by atoms with Crippen LogP contribution in [0.2, 0.25) is 5.02 Å². The van der Waals surface area contributed by atoms with E-state index in [-0.39, 0.29) is 23.3 Å². The number of halogens is 2. The van der Waals surface area contributed by atoms with E-state index in [4.69, 9.17) is 16.3 Å². The molecule has 6 nitrogen and oxygen atoms in total. The van der Waals surface area contributed by atoms with Crippen LogP contribution in [0.3, 0.4) is 0 Å². The Morgan fingerprint density at radius 3 is 2.37 bits per heavy atom. The van der Waals surface area contributed by atoms with E-state index in [0.29, 0.717) is 25.3 Å². The van der Waals surface area contributed by atoms with Gasteiger partial charge in [0.1, 0.15) is 11.6 Å². The Labute approximate surface area is 179 Å². The molecule has 0 bridgehead atoms. The van der Waals surface area contributed by atoms with Crippen LogP contribution >= 0.6 is 11.6 Å². The first-order chi connectivity index (χ1) is 14.5. The van der Waals surface area contributed by atoms with Crippen LogP contribution in [0.25, 0.3) is 0 Å². The van der Waals surface area contributed by atoms with Crippen molar-refractivity contribution < 1.29 is 18.7 Å². The Kier molecular flexibility index (Phi) is 5.81. The van der Waals surface area contributed by atoms with Gasteiger partial charge in [-0.2, -0.15) is 0 Å². The molecule has 2 saturated heterocycles. The summed E-state index contributed by atoms with van der Waals surface area (Å²) >= 11 is 5.84. The summed E-state index contributed by atoms with van der Waals surface area (Å²) in [5, 5.41) is -0.0373. The van der Waals surface area contributed by atoms with Gasteiger partial charge in [-0.15, -0.1) is 0 Å². The van der Waals surface area contributed by atoms with Crippen LogP contribution in [0.5, 0.6) is 5.75 Å². The number of carbonyl (C=O) groups excluding carboxylic acids is 2. The van der Waals surface area contributed by atoms with Gasteiger partial charge in [0.05, 0.1) is 18.1 Å². The van der Waals surface area contributed by atoms with Crippen molar-refractivity contribution in [2.24, 2.45) is 5.92 Å². The van der Waals surface area contributed by atoms with Gasteiger partial charge >= 0.3 is 0 Å². The minimum Gasteiger partial charge on any atom is -0.497 e. The second-order valence-corrected chi connectivity index (χ2v) is 7.92. The lowest BCUT2D eigenvalue weighted by Gasteiger charge is -2.37. The van der Waals surface area contributed by atoms with Crippen LogP contribution in [0.15, 0.2) is 42.5 Å². The van der Waals surface area contributed by atoms with Crippen molar-refractivity contribution >= 4 is 34.8 Å². The maximum absolute atomic E-state index is 13.4. The van der Waals surface area contributed by atoms with Gasteiger partial charge in [-0.1, -0.05) is 11.6 Å². The lowest BCUT2D eigenvalue weighted by Crippen LogP contribution is -2.50. The molecule has 1 unspecified atom stereocenters. The highest BCUT2D eigenvalue weighted by Crippen LogP contribution is 2.30. The smallest absolute Gasteiger partial charge is 0.228 e. The second-order valence-electron chi connectivity index (χ2n) is 7.51. The molecule has 2 aliphatic heterocycles. The van der Waals surface area contributed by atoms with Gasteiger partial charge in [0.15, 0.2) is 0 Å². The molecule has 158 valence electrons. The zero-order chi connectivity index (χ0) is 21.3. The molecule has 2 aliphatic rings. The summed E-state index contributed by atoms with van der Waals surface area (Å²) in [6, 6.07) is 12.0. The van der Waals surface area contributed by atoms with E-state index in [0.717, 1.165) is 24.5 Å². The van der Waals surface area contributed by atoms with Crippen LogP contribution < -0.4 is 14.5 Å². The Hall–Kier alpha value is -2.80. The van der Waals surface area contributed by atoms with Gasteiger partial charge in [0.25, 0.3) is 0 Å². The van der Waals surface area contributed by atoms with Crippen molar-refractivity contribution in [3.63, 3.8) is 0 Å². The molecule has 8 heteroatoms. The molecule has 2 heterocycles. The van der Waals surface area contributed by atoms with Gasteiger partial charge in [0.2, 0.25) is 11.8 Å². The third kappa shape index (κ3) is 4.07. The highest BCUT2D eigenvalue weighted by atomic mass is 35.5. The predicted octanol–water partition coefficient (Wildman–Crippen LogP) is 3.19. The third-order valence-corrected chi connectivity index (χ3v) is 6.01. The first-order valence-corrected chi connectivity index (χ1v) is 10.3. The van der Waals surface area contributed by atoms with Crippen molar-refractivity contribution in [2.45, 2.75) is 6.42 Å². The van der Waals surface area contributed by atoms with Crippen LogP contribution in [0.1, 0.15) is 6.42 Å². The maximum atomic E-state index is 13.4. The fourth-order valence-electron chi connectivity index (χ4n) is 4.01. The molecule has 2 amide bonds. The van der Waals surface area contributed by atoms with Gasteiger partial charge in [-0.05, 0) is 42.5 Å². The topological polar surface area (TPSA) is 53.1 Å². The number of hydrogen-bond donors (Lipinski definition) is 0. The van der Waals surface area contributed by atoms with Crippen LogP contribution in [0, 0.1) is 11.7 Å². The van der Waals surface area contributed by atoms with Gasteiger partial charge in [-0.3, -0.25) is 9.59 Å². The summed E-state index contributed by atoms with van der Waals surface area (Å²) in [5.74, 6) is -0.268. The van der Waals surface area contributed by atoms with Gasteiger partial charge in [-0.25, -0.2) is 4.39 Å². The van der Waals surface area contributed by atoms with Crippen molar-refractivity contribution in [2.75, 3.05) is 49.6 Å². The van der Waals surface area contributed by atoms with E-state index in [1.165, 1.54) is 23.1 Å². The molecule has 2 aromatic rings. The molecule has 0 radical (unpaired) electrons. The van der Waals surface area contributed by atoms with Crippen molar-refractivity contribution in [3.8, 4) is 5.75 Å². The molecule has 0 aliphatic carbocycles. The first-order valence-electron chi connectivity index (χ1n) is 9.89. The molecule has 0 aromatic heterocycles. The minimum absolute atomic E-state index is 0.00607. The number of amides is 2. The monoisotopic (exact) mass is 431 g/mol. The molecule has 2 fully saturated rings. The highest BCUT2D eigenvalue weighted by molar-refractivity contribution is 6.31. The van der Waals surface area contributed by atoms with E-state index < -0.39 is 11.7 Å². The normalized spacial score (nSPS) is 19.4. The number of benzene rings is 2. The number of ether oxygens (including phenoxy) is 1. The maximum Gasteiger partial charge on any atom is 0.228 e. The van der Waals surface area contributed by atoms with Crippen molar-refractivity contribution in [3.05, 3.63) is 53.3 Å². The Morgan fingerprint density at radius 2 is 1.73 bits per heavy atom. The van der Waals surface area contributed by atoms with Crippen LogP contribution in [0.4, 0.5) is 15.8 Å². The number of methoxy groups -OCH3 is 1. The summed E-state index contributed by atoms with van der Waals surface area (Å²) in [6.45, 7) is 2.97. The van der Waals surface area contributed by atoms with E-state index >= 15 is 0 Å². The molecule has 1 atom stereocenters. The molecule has 4 rings (SSSR count). The van der Waals surface area contributed by atoms with E-state index in [9.17, 15) is 14.0 Å². The summed E-state index contributed by atoms with van der Waals surface area (Å²) in [5.41, 5.74) is 1.62. The lowest BCUT2D eigenvalue weighted by atomic mass is 10.1. The van der Waals surface area contributed by atoms with Crippen molar-refractivity contribution in [1.82, 2.24) is 4.90 Å². The summed E-state index contributed by atoms with van der Waals surface area (Å²) in [6.07, 6.45) is 0.159. The van der Waals surface area contributed by atoms with E-state index in [2.05, 4.69) is 4.90 Å². The average Bonchev–Trinajstić information content (AvgIpc) is 3.17. The minimum atomic E-state index is -0.533. The number of nitrogens with zero attached hydrogens (tertiary/aromatic N) is 3. The van der Waals surface area contributed by atoms with Gasteiger partial charge < -0.3 is 19.4 Å². The molecule has 30 heavy (non-hydrogen) atoms. The number of carbonyl (C=O) groups is 2. The Bertz CT molecular complexity index is 945. The molecule has 0 spiro atoms. The van der Waals surface area contributed by atoms with Gasteiger partial charge in [0, 0.05) is 50.5 Å². The second kappa shape index (κ2) is 8.52. The third-order valence-electron chi connectivity index (χ3n) is 5.72. The quantitative estimate of drug-likeness (QED) is 0.746. The fourth-order valence-corrected chi connectivity index (χ4v) is 4.19. The number of hydrogen-bond acceptors (Lipinski definition) is 4. The number of piperazine rings is 1. The fraction of sp³-hybridized carbons (Fsp3) is 0.364. The summed E-state index contributed by atoms with van der Waals surface area (Å²) in [4.78, 5) is 31.0. The molecule has 2 aromatic carbocycles. The average molecular weight is 432 g/mol. The molecular formula is C22H23ClFN3O3. The lowest BCUT2D eigenvalue weighted by molar-refractivity contribution is -0.136. The number of anilines is 2. The Morgan fingerprint density at radius 1 is 1.07 bits per heavy atom. The SMILES string of the molecule is COc1ccc(N2CCN(C(=O)C3CC(=O)N(c4ccc(F)c(Cl)c4)C3)CC2)cc1. The standard InChI is InChI=1S/C22H23ClFN3O3/c1-30-18-5-2-16(3-6-18)25-8-10-26(11-9-25)22(29)15-12-21(28)27(14-15)17-4-7-20(24)19(23)13-17/h2-7,13,15H,8-12,14H2,1H3. The first kappa shape index (κ1) is 20.5. The van der Waals surface area contributed by atoms with Crippen LogP contribution in [-0.2, 0) is 9.59 Å². The largest absolute Gasteiger partial charge is 0.497 e. The zero-order valence-corrected chi connectivity index (χ0v) is 17.4.